The molecule has 0 aliphatic heterocycles. The summed E-state index contributed by atoms with van der Waals surface area (Å²) >= 11 is 0. The van der Waals surface area contributed by atoms with Gasteiger partial charge in [-0.15, -0.1) is 0 Å². The van der Waals surface area contributed by atoms with E-state index in [0.29, 0.717) is 0 Å². The van der Waals surface area contributed by atoms with Gasteiger partial charge in [0, 0.05) is 30.4 Å². The SMILES string of the molecule is Cn1cc(-c2cc3c(C(C)(C)C)cccc3cn2)cn1. The van der Waals surface area contributed by atoms with Gasteiger partial charge in [0.25, 0.3) is 0 Å². The predicted octanol–water partition coefficient (Wildman–Crippen LogP) is 3.93. The van der Waals surface area contributed by atoms with E-state index < -0.39 is 0 Å². The van der Waals surface area contributed by atoms with Crippen LogP contribution in [0, 0.1) is 0 Å². The van der Waals surface area contributed by atoms with Crippen LogP contribution in [0.2, 0.25) is 0 Å². The third-order valence-corrected chi connectivity index (χ3v) is 3.57. The van der Waals surface area contributed by atoms with Crippen LogP contribution in [0.5, 0.6) is 0 Å². The zero-order valence-electron chi connectivity index (χ0n) is 12.4. The molecule has 0 N–H and O–H groups in total. The fourth-order valence-corrected chi connectivity index (χ4v) is 2.54. The number of hydrogen-bond donors (Lipinski definition) is 0. The first-order valence-electron chi connectivity index (χ1n) is 6.83. The topological polar surface area (TPSA) is 30.7 Å². The molecule has 102 valence electrons. The van der Waals surface area contributed by atoms with Gasteiger partial charge in [-0.2, -0.15) is 5.10 Å². The van der Waals surface area contributed by atoms with Gasteiger partial charge in [0.2, 0.25) is 0 Å². The van der Waals surface area contributed by atoms with Crippen LogP contribution in [0.1, 0.15) is 26.3 Å². The van der Waals surface area contributed by atoms with Crippen LogP contribution in [0.3, 0.4) is 0 Å². The van der Waals surface area contributed by atoms with E-state index in [1.165, 1.54) is 16.3 Å². The Morgan fingerprint density at radius 3 is 2.55 bits per heavy atom. The Labute approximate surface area is 119 Å². The van der Waals surface area contributed by atoms with Crippen LogP contribution < -0.4 is 0 Å². The van der Waals surface area contributed by atoms with Crippen molar-refractivity contribution < 1.29 is 0 Å². The van der Waals surface area contributed by atoms with Gasteiger partial charge in [0.15, 0.2) is 0 Å². The minimum atomic E-state index is 0.118. The molecular formula is C17H19N3. The summed E-state index contributed by atoms with van der Waals surface area (Å²) in [6, 6.07) is 8.60. The summed E-state index contributed by atoms with van der Waals surface area (Å²) in [5, 5.41) is 6.68. The molecule has 0 saturated heterocycles. The number of benzene rings is 1. The monoisotopic (exact) mass is 265 g/mol. The molecule has 3 aromatic rings. The van der Waals surface area contributed by atoms with Crippen molar-refractivity contribution in [2.75, 3.05) is 0 Å². The van der Waals surface area contributed by atoms with Gasteiger partial charge in [-0.1, -0.05) is 39.0 Å². The maximum Gasteiger partial charge on any atom is 0.0740 e. The average molecular weight is 265 g/mol. The van der Waals surface area contributed by atoms with Crippen LogP contribution >= 0.6 is 0 Å². The third-order valence-electron chi connectivity index (χ3n) is 3.57. The first kappa shape index (κ1) is 12.9. The summed E-state index contributed by atoms with van der Waals surface area (Å²) < 4.78 is 1.80. The molecule has 0 amide bonds. The summed E-state index contributed by atoms with van der Waals surface area (Å²) in [4.78, 5) is 4.56. The molecule has 2 aromatic heterocycles. The molecule has 3 nitrogen and oxygen atoms in total. The number of aryl methyl sites for hydroxylation is 1. The van der Waals surface area contributed by atoms with Gasteiger partial charge >= 0.3 is 0 Å². The zero-order chi connectivity index (χ0) is 14.3. The lowest BCUT2D eigenvalue weighted by Crippen LogP contribution is -2.11. The number of pyridine rings is 1. The lowest BCUT2D eigenvalue weighted by molar-refractivity contribution is 0.596. The number of fused-ring (bicyclic) bond motifs is 1. The van der Waals surface area contributed by atoms with E-state index in [-0.39, 0.29) is 5.41 Å². The lowest BCUT2D eigenvalue weighted by atomic mass is 9.84. The third kappa shape index (κ3) is 2.20. The predicted molar refractivity (Wildman–Crippen MR) is 82.6 cm³/mol. The standard InChI is InChI=1S/C17H19N3/c1-17(2,3)15-7-5-6-12-9-18-16(8-14(12)15)13-10-19-20(4)11-13/h5-11H,1-4H3. The Hall–Kier alpha value is -2.16. The Morgan fingerprint density at radius 1 is 1.10 bits per heavy atom. The van der Waals surface area contributed by atoms with Gasteiger partial charge in [-0.05, 0) is 22.4 Å². The van der Waals surface area contributed by atoms with E-state index in [2.05, 4.69) is 55.1 Å². The Morgan fingerprint density at radius 2 is 1.90 bits per heavy atom. The fraction of sp³-hybridized carbons (Fsp3) is 0.294. The molecular weight excluding hydrogens is 246 g/mol. The second kappa shape index (κ2) is 4.44. The van der Waals surface area contributed by atoms with Crippen molar-refractivity contribution in [1.29, 1.82) is 0 Å². The van der Waals surface area contributed by atoms with Crippen molar-refractivity contribution in [3.63, 3.8) is 0 Å². The minimum Gasteiger partial charge on any atom is -0.275 e. The van der Waals surface area contributed by atoms with Crippen LogP contribution in [0.25, 0.3) is 22.0 Å². The van der Waals surface area contributed by atoms with Crippen LogP contribution in [0.4, 0.5) is 0 Å². The van der Waals surface area contributed by atoms with Crippen LogP contribution in [0.15, 0.2) is 42.9 Å². The summed E-state index contributed by atoms with van der Waals surface area (Å²) in [5.41, 5.74) is 3.50. The van der Waals surface area contributed by atoms with E-state index in [0.717, 1.165) is 11.3 Å². The van der Waals surface area contributed by atoms with Crippen LogP contribution in [-0.2, 0) is 12.5 Å². The first-order valence-corrected chi connectivity index (χ1v) is 6.83. The number of rotatable bonds is 1. The normalized spacial score (nSPS) is 12.0. The molecule has 0 bridgehead atoms. The lowest BCUT2D eigenvalue weighted by Gasteiger charge is -2.21. The highest BCUT2D eigenvalue weighted by atomic mass is 15.2. The zero-order valence-corrected chi connectivity index (χ0v) is 12.4. The summed E-state index contributed by atoms with van der Waals surface area (Å²) in [5.74, 6) is 0. The summed E-state index contributed by atoms with van der Waals surface area (Å²) in [6.07, 6.45) is 5.80. The number of aromatic nitrogens is 3. The Bertz CT molecular complexity index is 763. The second-order valence-electron chi connectivity index (χ2n) is 6.25. The van der Waals surface area contributed by atoms with Gasteiger partial charge in [-0.25, -0.2) is 0 Å². The van der Waals surface area contributed by atoms with Crippen molar-refractivity contribution in [3.05, 3.63) is 48.4 Å². The highest BCUT2D eigenvalue weighted by Crippen LogP contribution is 2.31. The maximum absolute atomic E-state index is 4.56. The minimum absolute atomic E-state index is 0.118. The van der Waals surface area contributed by atoms with Crippen LogP contribution in [-0.4, -0.2) is 14.8 Å². The molecule has 0 radical (unpaired) electrons. The molecule has 0 aliphatic carbocycles. The average Bonchev–Trinajstić information content (AvgIpc) is 2.83. The molecule has 0 unspecified atom stereocenters. The maximum atomic E-state index is 4.56. The molecule has 0 atom stereocenters. The molecule has 0 spiro atoms. The number of hydrogen-bond acceptors (Lipinski definition) is 2. The van der Waals surface area contributed by atoms with E-state index in [9.17, 15) is 0 Å². The van der Waals surface area contributed by atoms with Crippen molar-refractivity contribution in [2.45, 2.75) is 26.2 Å². The van der Waals surface area contributed by atoms with Crippen molar-refractivity contribution in [3.8, 4) is 11.3 Å². The first-order chi connectivity index (χ1) is 9.45. The number of nitrogens with zero attached hydrogens (tertiary/aromatic N) is 3. The molecule has 0 saturated carbocycles. The molecule has 20 heavy (non-hydrogen) atoms. The van der Waals surface area contributed by atoms with E-state index in [1.807, 2.05) is 25.6 Å². The quantitative estimate of drug-likeness (QED) is 0.667. The van der Waals surface area contributed by atoms with E-state index >= 15 is 0 Å². The van der Waals surface area contributed by atoms with E-state index in [1.54, 1.807) is 4.68 Å². The molecule has 2 heterocycles. The molecule has 3 rings (SSSR count). The highest BCUT2D eigenvalue weighted by Gasteiger charge is 2.17. The molecule has 3 heteroatoms. The smallest absolute Gasteiger partial charge is 0.0740 e. The van der Waals surface area contributed by atoms with Crippen molar-refractivity contribution in [2.24, 2.45) is 7.05 Å². The largest absolute Gasteiger partial charge is 0.275 e. The van der Waals surface area contributed by atoms with Gasteiger partial charge < -0.3 is 0 Å². The fourth-order valence-electron chi connectivity index (χ4n) is 2.54. The van der Waals surface area contributed by atoms with Crippen molar-refractivity contribution in [1.82, 2.24) is 14.8 Å². The van der Waals surface area contributed by atoms with E-state index in [4.69, 9.17) is 0 Å². The van der Waals surface area contributed by atoms with Gasteiger partial charge in [0.1, 0.15) is 0 Å². The summed E-state index contributed by atoms with van der Waals surface area (Å²) in [7, 11) is 1.92. The molecule has 0 fully saturated rings. The van der Waals surface area contributed by atoms with Crippen molar-refractivity contribution >= 4 is 10.8 Å². The molecule has 1 aromatic carbocycles. The van der Waals surface area contributed by atoms with Gasteiger partial charge in [-0.3, -0.25) is 9.67 Å². The van der Waals surface area contributed by atoms with Gasteiger partial charge in [0.05, 0.1) is 11.9 Å². The Balaban J connectivity index is 2.24. The highest BCUT2D eigenvalue weighted by molar-refractivity contribution is 5.88. The molecule has 0 aliphatic rings. The summed E-state index contributed by atoms with van der Waals surface area (Å²) in [6.45, 7) is 6.73. The second-order valence-corrected chi connectivity index (χ2v) is 6.25. The Kier molecular flexibility index (Phi) is 2.85.